The highest BCUT2D eigenvalue weighted by atomic mass is 16.5. The lowest BCUT2D eigenvalue weighted by atomic mass is 9.83. The van der Waals surface area contributed by atoms with Gasteiger partial charge in [0.2, 0.25) is 0 Å². The smallest absolute Gasteiger partial charge is 0.131 e. The number of carbonyl (C=O) groups excluding carboxylic acids is 1. The van der Waals surface area contributed by atoms with Crippen molar-refractivity contribution >= 4 is 6.29 Å². The molecule has 0 aliphatic rings. The fourth-order valence-electron chi connectivity index (χ4n) is 2.45. The van der Waals surface area contributed by atoms with Gasteiger partial charge >= 0.3 is 0 Å². The van der Waals surface area contributed by atoms with E-state index in [4.69, 9.17) is 9.47 Å². The van der Waals surface area contributed by atoms with Gasteiger partial charge in [-0.15, -0.1) is 0 Å². The Morgan fingerprint density at radius 1 is 1.24 bits per heavy atom. The molecule has 0 saturated carbocycles. The summed E-state index contributed by atoms with van der Waals surface area (Å²) in [6, 6.07) is 10.1. The average molecular weight is 293 g/mol. The summed E-state index contributed by atoms with van der Waals surface area (Å²) in [5, 5.41) is 0. The van der Waals surface area contributed by atoms with Crippen molar-refractivity contribution in [3.05, 3.63) is 35.9 Å². The van der Waals surface area contributed by atoms with Gasteiger partial charge < -0.3 is 14.3 Å². The summed E-state index contributed by atoms with van der Waals surface area (Å²) in [6.45, 7) is 6.78. The third-order valence-electron chi connectivity index (χ3n) is 3.84. The van der Waals surface area contributed by atoms with Crippen molar-refractivity contribution < 1.29 is 14.3 Å². The van der Waals surface area contributed by atoms with Crippen molar-refractivity contribution in [3.63, 3.8) is 0 Å². The van der Waals surface area contributed by atoms with Gasteiger partial charge in [0, 0.05) is 33.4 Å². The molecule has 0 heterocycles. The lowest BCUT2D eigenvalue weighted by molar-refractivity contribution is -0.113. The van der Waals surface area contributed by atoms with Crippen molar-refractivity contribution in [2.24, 2.45) is 0 Å². The first-order valence-corrected chi connectivity index (χ1v) is 7.31. The Morgan fingerprint density at radius 3 is 2.43 bits per heavy atom. The lowest BCUT2D eigenvalue weighted by Crippen LogP contribution is -2.47. The van der Waals surface area contributed by atoms with Crippen LogP contribution in [0.5, 0.6) is 0 Å². The zero-order chi connectivity index (χ0) is 15.7. The zero-order valence-electron chi connectivity index (χ0n) is 13.5. The molecule has 0 amide bonds. The number of aldehydes is 1. The molecule has 0 aliphatic carbocycles. The summed E-state index contributed by atoms with van der Waals surface area (Å²) in [7, 11) is 3.39. The summed E-state index contributed by atoms with van der Waals surface area (Å²) >= 11 is 0. The molecule has 0 aromatic heterocycles. The minimum atomic E-state index is -0.531. The van der Waals surface area contributed by atoms with E-state index in [9.17, 15) is 4.79 Å². The lowest BCUT2D eigenvalue weighted by Gasteiger charge is -2.35. The van der Waals surface area contributed by atoms with Gasteiger partial charge in [0.15, 0.2) is 0 Å². The first-order chi connectivity index (χ1) is 10.1. The largest absolute Gasteiger partial charge is 0.383 e. The fourth-order valence-corrected chi connectivity index (χ4v) is 2.45. The van der Waals surface area contributed by atoms with Gasteiger partial charge in [-0.3, -0.25) is 4.90 Å². The molecule has 0 spiro atoms. The van der Waals surface area contributed by atoms with Crippen molar-refractivity contribution in [2.45, 2.75) is 25.3 Å². The number of carbonyl (C=O) groups is 1. The van der Waals surface area contributed by atoms with E-state index in [0.29, 0.717) is 19.8 Å². The monoisotopic (exact) mass is 293 g/mol. The second kappa shape index (κ2) is 8.93. The standard InChI is InChI=1S/C17H27NO3/c1-15(12-21-4)18(10-11-20-3)13-17(2,14-19)16-8-6-5-7-9-16/h5-9,14-15H,10-13H2,1-4H3. The topological polar surface area (TPSA) is 38.8 Å². The maximum absolute atomic E-state index is 11.7. The minimum Gasteiger partial charge on any atom is -0.383 e. The number of methoxy groups -OCH3 is 2. The zero-order valence-corrected chi connectivity index (χ0v) is 13.5. The van der Waals surface area contributed by atoms with Crippen molar-refractivity contribution in [2.75, 3.05) is 40.5 Å². The molecule has 0 radical (unpaired) electrons. The third kappa shape index (κ3) is 5.23. The van der Waals surface area contributed by atoms with E-state index >= 15 is 0 Å². The fraction of sp³-hybridized carbons (Fsp3) is 0.588. The normalized spacial score (nSPS) is 15.7. The SMILES string of the molecule is COCCN(CC(C)(C=O)c1ccccc1)C(C)COC. The summed E-state index contributed by atoms with van der Waals surface area (Å²) in [5.41, 5.74) is 0.504. The minimum absolute atomic E-state index is 0.230. The highest BCUT2D eigenvalue weighted by Gasteiger charge is 2.30. The van der Waals surface area contributed by atoms with Crippen LogP contribution in [0.1, 0.15) is 19.4 Å². The number of hydrogen-bond acceptors (Lipinski definition) is 4. The number of ether oxygens (including phenoxy) is 2. The van der Waals surface area contributed by atoms with Gasteiger partial charge in [-0.25, -0.2) is 0 Å². The van der Waals surface area contributed by atoms with Crippen LogP contribution in [-0.4, -0.2) is 57.8 Å². The van der Waals surface area contributed by atoms with Crippen LogP contribution in [-0.2, 0) is 19.7 Å². The molecule has 0 N–H and O–H groups in total. The Bertz CT molecular complexity index is 410. The first-order valence-electron chi connectivity index (χ1n) is 7.31. The van der Waals surface area contributed by atoms with Crippen molar-refractivity contribution in [1.82, 2.24) is 4.90 Å². The van der Waals surface area contributed by atoms with Crippen LogP contribution in [0, 0.1) is 0 Å². The number of benzene rings is 1. The molecule has 1 aromatic carbocycles. The second-order valence-electron chi connectivity index (χ2n) is 5.67. The predicted molar refractivity (Wildman–Crippen MR) is 84.6 cm³/mol. The summed E-state index contributed by atoms with van der Waals surface area (Å²) in [6.07, 6.45) is 1.04. The second-order valence-corrected chi connectivity index (χ2v) is 5.67. The van der Waals surface area contributed by atoms with Gasteiger partial charge in [-0.2, -0.15) is 0 Å². The molecule has 0 aliphatic heterocycles. The predicted octanol–water partition coefficient (Wildman–Crippen LogP) is 2.13. The van der Waals surface area contributed by atoms with E-state index in [1.807, 2.05) is 37.3 Å². The van der Waals surface area contributed by atoms with Crippen LogP contribution in [0.3, 0.4) is 0 Å². The molecule has 0 fully saturated rings. The first kappa shape index (κ1) is 17.8. The number of nitrogens with zero attached hydrogens (tertiary/aromatic N) is 1. The maximum Gasteiger partial charge on any atom is 0.131 e. The molecule has 1 aromatic rings. The molecule has 4 heteroatoms. The molecular formula is C17H27NO3. The van der Waals surface area contributed by atoms with Crippen LogP contribution >= 0.6 is 0 Å². The summed E-state index contributed by atoms with van der Waals surface area (Å²) in [4.78, 5) is 14.0. The average Bonchev–Trinajstić information content (AvgIpc) is 2.52. The third-order valence-corrected chi connectivity index (χ3v) is 3.84. The molecule has 2 unspecified atom stereocenters. The van der Waals surface area contributed by atoms with Gasteiger partial charge in [0.1, 0.15) is 6.29 Å². The van der Waals surface area contributed by atoms with Crippen LogP contribution in [0.25, 0.3) is 0 Å². The molecule has 118 valence electrons. The molecule has 4 nitrogen and oxygen atoms in total. The van der Waals surface area contributed by atoms with Crippen LogP contribution in [0.2, 0.25) is 0 Å². The Hall–Kier alpha value is -1.23. The Morgan fingerprint density at radius 2 is 1.90 bits per heavy atom. The highest BCUT2D eigenvalue weighted by molar-refractivity contribution is 5.68. The van der Waals surface area contributed by atoms with E-state index in [-0.39, 0.29) is 6.04 Å². The van der Waals surface area contributed by atoms with E-state index in [1.54, 1.807) is 14.2 Å². The van der Waals surface area contributed by atoms with E-state index in [2.05, 4.69) is 11.8 Å². The molecule has 0 saturated heterocycles. The highest BCUT2D eigenvalue weighted by Crippen LogP contribution is 2.23. The summed E-state index contributed by atoms with van der Waals surface area (Å²) in [5.74, 6) is 0. The van der Waals surface area contributed by atoms with Gasteiger partial charge in [0.25, 0.3) is 0 Å². The van der Waals surface area contributed by atoms with E-state index < -0.39 is 5.41 Å². The van der Waals surface area contributed by atoms with Gasteiger partial charge in [-0.05, 0) is 19.4 Å². The number of hydrogen-bond donors (Lipinski definition) is 0. The molecule has 2 atom stereocenters. The summed E-state index contributed by atoms with van der Waals surface area (Å²) < 4.78 is 10.4. The Labute approximate surface area is 128 Å². The Balaban J connectivity index is 2.89. The van der Waals surface area contributed by atoms with E-state index in [1.165, 1.54) is 0 Å². The van der Waals surface area contributed by atoms with Crippen molar-refractivity contribution in [3.8, 4) is 0 Å². The number of rotatable bonds is 10. The van der Waals surface area contributed by atoms with Crippen LogP contribution in [0.15, 0.2) is 30.3 Å². The van der Waals surface area contributed by atoms with Crippen LogP contribution in [0.4, 0.5) is 0 Å². The van der Waals surface area contributed by atoms with E-state index in [0.717, 1.165) is 18.4 Å². The van der Waals surface area contributed by atoms with Gasteiger partial charge in [-0.1, -0.05) is 30.3 Å². The molecule has 0 bridgehead atoms. The quantitative estimate of drug-likeness (QED) is 0.620. The van der Waals surface area contributed by atoms with Crippen molar-refractivity contribution in [1.29, 1.82) is 0 Å². The maximum atomic E-state index is 11.7. The van der Waals surface area contributed by atoms with Crippen LogP contribution < -0.4 is 0 Å². The Kier molecular flexibility index (Phi) is 7.57. The van der Waals surface area contributed by atoms with Gasteiger partial charge in [0.05, 0.1) is 18.6 Å². The molecule has 1 rings (SSSR count). The molecule has 21 heavy (non-hydrogen) atoms. The molecular weight excluding hydrogens is 266 g/mol.